The Morgan fingerprint density at radius 2 is 1.89 bits per heavy atom. The van der Waals surface area contributed by atoms with Crippen molar-refractivity contribution in [2.75, 3.05) is 0 Å². The van der Waals surface area contributed by atoms with Gasteiger partial charge in [-0.2, -0.15) is 0 Å². The topological polar surface area (TPSA) is 65.4 Å². The van der Waals surface area contributed by atoms with Crippen molar-refractivity contribution in [3.63, 3.8) is 0 Å². The predicted octanol–water partition coefficient (Wildman–Crippen LogP) is 3.82. The summed E-state index contributed by atoms with van der Waals surface area (Å²) in [5.41, 5.74) is 0.0535. The summed E-state index contributed by atoms with van der Waals surface area (Å²) < 4.78 is 48.0. The van der Waals surface area contributed by atoms with Gasteiger partial charge in [0.15, 0.2) is 0 Å². The zero-order chi connectivity index (χ0) is 19.7. The third-order valence-corrected chi connectivity index (χ3v) is 5.73. The predicted molar refractivity (Wildman–Crippen MR) is 89.1 cm³/mol. The molecule has 4 fully saturated rings. The summed E-state index contributed by atoms with van der Waals surface area (Å²) in [6.45, 7) is 5.48. The molecule has 27 heavy (non-hydrogen) atoms. The van der Waals surface area contributed by atoms with Gasteiger partial charge >= 0.3 is 12.5 Å². The summed E-state index contributed by atoms with van der Waals surface area (Å²) in [5.74, 6) is 0.0137. The number of rotatable bonds is 4. The van der Waals surface area contributed by atoms with Crippen molar-refractivity contribution >= 4 is 6.09 Å². The molecule has 0 spiro atoms. The number of alkyl halides is 3. The molecule has 0 unspecified atom stereocenters. The highest BCUT2D eigenvalue weighted by atomic mass is 19.4. The van der Waals surface area contributed by atoms with E-state index in [1.54, 1.807) is 6.33 Å². The molecule has 9 heteroatoms. The van der Waals surface area contributed by atoms with E-state index in [4.69, 9.17) is 4.74 Å². The molecule has 150 valence electrons. The highest BCUT2D eigenvalue weighted by molar-refractivity contribution is 5.70. The summed E-state index contributed by atoms with van der Waals surface area (Å²) in [4.78, 5) is 16.3. The SMILES string of the molecule is CC(C)(C)OC(=O)NC12CC(n3cnc([C@H]4C[C@@H](OC(F)(F)F)C4)c3)(C1)C2. The molecule has 1 N–H and O–H groups in total. The lowest BCUT2D eigenvalue weighted by Crippen LogP contribution is -2.78. The van der Waals surface area contributed by atoms with Gasteiger partial charge in [0.2, 0.25) is 0 Å². The smallest absolute Gasteiger partial charge is 0.444 e. The number of amides is 1. The number of hydrogen-bond acceptors (Lipinski definition) is 4. The van der Waals surface area contributed by atoms with Crippen molar-refractivity contribution in [1.29, 1.82) is 0 Å². The molecule has 0 atom stereocenters. The van der Waals surface area contributed by atoms with Gasteiger partial charge in [0.05, 0.1) is 29.2 Å². The molecule has 4 aliphatic rings. The highest BCUT2D eigenvalue weighted by Gasteiger charge is 2.70. The number of halogens is 3. The second-order valence-electron chi connectivity index (χ2n) is 9.22. The normalized spacial score (nSPS) is 34.9. The van der Waals surface area contributed by atoms with E-state index in [1.807, 2.05) is 27.0 Å². The van der Waals surface area contributed by atoms with Crippen LogP contribution >= 0.6 is 0 Å². The Kier molecular flexibility index (Phi) is 3.87. The summed E-state index contributed by atoms with van der Waals surface area (Å²) in [7, 11) is 0. The summed E-state index contributed by atoms with van der Waals surface area (Å²) in [6.07, 6.45) is 1.09. The molecule has 0 radical (unpaired) electrons. The molecule has 1 aromatic heterocycles. The monoisotopic (exact) mass is 387 g/mol. The number of imidazole rings is 1. The van der Waals surface area contributed by atoms with Gasteiger partial charge in [-0.05, 0) is 52.9 Å². The second kappa shape index (κ2) is 5.62. The number of nitrogens with zero attached hydrogens (tertiary/aromatic N) is 2. The van der Waals surface area contributed by atoms with Crippen molar-refractivity contribution in [2.45, 2.75) is 87.9 Å². The van der Waals surface area contributed by atoms with Gasteiger partial charge < -0.3 is 14.6 Å². The third kappa shape index (κ3) is 3.53. The summed E-state index contributed by atoms with van der Waals surface area (Å²) in [5, 5.41) is 2.97. The van der Waals surface area contributed by atoms with E-state index < -0.39 is 24.2 Å². The van der Waals surface area contributed by atoms with Crippen LogP contribution in [-0.2, 0) is 15.0 Å². The molecular weight excluding hydrogens is 363 g/mol. The van der Waals surface area contributed by atoms with E-state index in [0.29, 0.717) is 12.8 Å². The maximum Gasteiger partial charge on any atom is 0.522 e. The van der Waals surface area contributed by atoms with Gasteiger partial charge in [-0.1, -0.05) is 0 Å². The molecule has 1 aromatic rings. The first-order chi connectivity index (χ1) is 12.4. The fourth-order valence-electron chi connectivity index (χ4n) is 4.56. The van der Waals surface area contributed by atoms with E-state index in [9.17, 15) is 18.0 Å². The molecule has 4 aliphatic carbocycles. The molecule has 2 bridgehead atoms. The van der Waals surface area contributed by atoms with Crippen LogP contribution in [0, 0.1) is 0 Å². The minimum Gasteiger partial charge on any atom is -0.444 e. The lowest BCUT2D eigenvalue weighted by atomic mass is 9.44. The number of aromatic nitrogens is 2. The van der Waals surface area contributed by atoms with E-state index >= 15 is 0 Å². The number of nitrogens with one attached hydrogen (secondary N) is 1. The molecule has 1 heterocycles. The van der Waals surface area contributed by atoms with E-state index in [2.05, 4.69) is 19.6 Å². The Bertz CT molecular complexity index is 727. The molecule has 1 amide bonds. The van der Waals surface area contributed by atoms with Crippen LogP contribution in [0.25, 0.3) is 0 Å². The van der Waals surface area contributed by atoms with Gasteiger partial charge in [-0.15, -0.1) is 13.2 Å². The van der Waals surface area contributed by atoms with Crippen LogP contribution in [0.5, 0.6) is 0 Å². The van der Waals surface area contributed by atoms with Crippen LogP contribution in [0.4, 0.5) is 18.0 Å². The standard InChI is InChI=1S/C18H24F3N3O3/c1-15(2,3)27-14(25)23-16-7-17(8-16,9-16)24-6-13(22-10-24)11-4-12(5-11)26-18(19,20)21/h6,10-12H,4-5,7-9H2,1-3H3,(H,23,25)/t11-,12+,16?,17?. The Labute approximate surface area is 155 Å². The molecule has 5 rings (SSSR count). The van der Waals surface area contributed by atoms with E-state index in [-0.39, 0.29) is 17.0 Å². The Morgan fingerprint density at radius 1 is 1.26 bits per heavy atom. The fourth-order valence-corrected chi connectivity index (χ4v) is 4.56. The summed E-state index contributed by atoms with van der Waals surface area (Å²) in [6, 6.07) is 0. The van der Waals surface area contributed by atoms with Crippen LogP contribution in [0.1, 0.15) is 64.5 Å². The van der Waals surface area contributed by atoms with Crippen molar-refractivity contribution in [2.24, 2.45) is 0 Å². The quantitative estimate of drug-likeness (QED) is 0.853. The van der Waals surface area contributed by atoms with Crippen LogP contribution in [-0.4, -0.2) is 39.3 Å². The maximum absolute atomic E-state index is 12.2. The molecule has 0 saturated heterocycles. The molecule has 0 aromatic carbocycles. The minimum atomic E-state index is -4.57. The Balaban J connectivity index is 1.28. The van der Waals surface area contributed by atoms with Crippen LogP contribution in [0.2, 0.25) is 0 Å². The number of carbonyl (C=O) groups is 1. The first kappa shape index (κ1) is 18.6. The Hall–Kier alpha value is -1.77. The van der Waals surface area contributed by atoms with E-state index in [1.165, 1.54) is 0 Å². The average molecular weight is 387 g/mol. The Morgan fingerprint density at radius 3 is 2.44 bits per heavy atom. The molecule has 4 saturated carbocycles. The van der Waals surface area contributed by atoms with Gasteiger partial charge in [-0.25, -0.2) is 9.78 Å². The maximum atomic E-state index is 12.2. The van der Waals surface area contributed by atoms with Gasteiger partial charge in [0, 0.05) is 12.1 Å². The first-order valence-electron chi connectivity index (χ1n) is 9.17. The molecular formula is C18H24F3N3O3. The van der Waals surface area contributed by atoms with Crippen molar-refractivity contribution in [1.82, 2.24) is 14.9 Å². The second-order valence-corrected chi connectivity index (χ2v) is 9.22. The van der Waals surface area contributed by atoms with Crippen LogP contribution < -0.4 is 5.32 Å². The third-order valence-electron chi connectivity index (χ3n) is 5.73. The summed E-state index contributed by atoms with van der Waals surface area (Å²) >= 11 is 0. The zero-order valence-electron chi connectivity index (χ0n) is 15.6. The number of ether oxygens (including phenoxy) is 2. The van der Waals surface area contributed by atoms with Gasteiger partial charge in [-0.3, -0.25) is 4.74 Å². The average Bonchev–Trinajstić information content (AvgIpc) is 2.81. The van der Waals surface area contributed by atoms with Crippen LogP contribution in [0.15, 0.2) is 12.5 Å². The van der Waals surface area contributed by atoms with E-state index in [0.717, 1.165) is 25.0 Å². The van der Waals surface area contributed by atoms with Crippen LogP contribution in [0.3, 0.4) is 0 Å². The number of carbonyl (C=O) groups excluding carboxylic acids is 1. The zero-order valence-corrected chi connectivity index (χ0v) is 15.6. The largest absolute Gasteiger partial charge is 0.522 e. The highest BCUT2D eigenvalue weighted by Crippen LogP contribution is 2.65. The lowest BCUT2D eigenvalue weighted by Gasteiger charge is -2.70. The first-order valence-corrected chi connectivity index (χ1v) is 9.17. The molecule has 0 aliphatic heterocycles. The van der Waals surface area contributed by atoms with Gasteiger partial charge in [0.1, 0.15) is 5.60 Å². The fraction of sp³-hybridized carbons (Fsp3) is 0.778. The molecule has 6 nitrogen and oxygen atoms in total. The lowest BCUT2D eigenvalue weighted by molar-refractivity contribution is -0.351. The number of hydrogen-bond donors (Lipinski definition) is 1. The van der Waals surface area contributed by atoms with Crippen molar-refractivity contribution in [3.8, 4) is 0 Å². The van der Waals surface area contributed by atoms with Gasteiger partial charge in [0.25, 0.3) is 0 Å². The minimum absolute atomic E-state index is 0.0137. The number of alkyl carbamates (subject to hydrolysis) is 1. The van der Waals surface area contributed by atoms with Crippen molar-refractivity contribution in [3.05, 3.63) is 18.2 Å². The van der Waals surface area contributed by atoms with Crippen molar-refractivity contribution < 1.29 is 27.4 Å².